The molecule has 0 saturated carbocycles. The van der Waals surface area contributed by atoms with E-state index < -0.39 is 0 Å². The number of rotatable bonds is 3. The fourth-order valence-corrected chi connectivity index (χ4v) is 2.46. The number of nitrogens with one attached hydrogen (secondary N) is 1. The van der Waals surface area contributed by atoms with E-state index in [9.17, 15) is 4.79 Å². The maximum atomic E-state index is 12.2. The zero-order valence-electron chi connectivity index (χ0n) is 12.4. The molecule has 1 aromatic heterocycles. The molecule has 5 nitrogen and oxygen atoms in total. The maximum Gasteiger partial charge on any atom is 0.231 e. The Balaban J connectivity index is 1.70. The molecule has 1 N–H and O–H groups in total. The van der Waals surface area contributed by atoms with E-state index in [-0.39, 0.29) is 12.7 Å². The lowest BCUT2D eigenvalue weighted by atomic mass is 10.1. The molecule has 1 amide bonds. The minimum absolute atomic E-state index is 0.0393. The van der Waals surface area contributed by atoms with E-state index in [0.717, 1.165) is 22.6 Å². The number of carbonyl (C=O) groups excluding carboxylic acids is 1. The molecular formula is C16H18N2O3. The molecule has 1 aromatic carbocycles. The lowest BCUT2D eigenvalue weighted by Gasteiger charge is -2.06. The normalized spacial score (nSPS) is 12.5. The Morgan fingerprint density at radius 1 is 1.24 bits per heavy atom. The van der Waals surface area contributed by atoms with Gasteiger partial charge in [-0.05, 0) is 37.6 Å². The zero-order valence-corrected chi connectivity index (χ0v) is 12.4. The van der Waals surface area contributed by atoms with Gasteiger partial charge in [0.25, 0.3) is 0 Å². The molecule has 21 heavy (non-hydrogen) atoms. The van der Waals surface area contributed by atoms with Gasteiger partial charge in [-0.1, -0.05) is 0 Å². The molecule has 0 bridgehead atoms. The largest absolute Gasteiger partial charge is 0.454 e. The van der Waals surface area contributed by atoms with Crippen LogP contribution in [0, 0.1) is 13.8 Å². The Bertz CT molecular complexity index is 704. The molecule has 0 spiro atoms. The number of aromatic nitrogens is 1. The van der Waals surface area contributed by atoms with Crippen molar-refractivity contribution in [1.29, 1.82) is 0 Å². The highest BCUT2D eigenvalue weighted by molar-refractivity contribution is 5.92. The van der Waals surface area contributed by atoms with E-state index in [2.05, 4.69) is 16.0 Å². The summed E-state index contributed by atoms with van der Waals surface area (Å²) < 4.78 is 12.6. The molecular weight excluding hydrogens is 268 g/mol. The second kappa shape index (κ2) is 5.16. The van der Waals surface area contributed by atoms with E-state index in [1.54, 1.807) is 12.1 Å². The van der Waals surface area contributed by atoms with Crippen LogP contribution < -0.4 is 14.8 Å². The van der Waals surface area contributed by atoms with Gasteiger partial charge in [0.05, 0.1) is 6.42 Å². The Hall–Kier alpha value is -2.43. The Morgan fingerprint density at radius 2 is 2.00 bits per heavy atom. The summed E-state index contributed by atoms with van der Waals surface area (Å²) in [6, 6.07) is 7.45. The van der Waals surface area contributed by atoms with Crippen LogP contribution in [0.25, 0.3) is 0 Å². The summed E-state index contributed by atoms with van der Waals surface area (Å²) in [4.78, 5) is 12.2. The van der Waals surface area contributed by atoms with Crippen LogP contribution in [-0.4, -0.2) is 17.3 Å². The van der Waals surface area contributed by atoms with E-state index in [0.29, 0.717) is 17.9 Å². The highest BCUT2D eigenvalue weighted by Crippen LogP contribution is 2.34. The molecule has 0 unspecified atom stereocenters. The van der Waals surface area contributed by atoms with Gasteiger partial charge in [0, 0.05) is 30.2 Å². The third-order valence-corrected chi connectivity index (χ3v) is 3.89. The summed E-state index contributed by atoms with van der Waals surface area (Å²) in [5, 5.41) is 2.89. The highest BCUT2D eigenvalue weighted by Gasteiger charge is 2.15. The first kappa shape index (κ1) is 13.5. The number of nitrogens with zero attached hydrogens (tertiary/aromatic N) is 1. The Morgan fingerprint density at radius 3 is 2.71 bits per heavy atom. The predicted molar refractivity (Wildman–Crippen MR) is 79.8 cm³/mol. The van der Waals surface area contributed by atoms with Crippen molar-refractivity contribution in [2.75, 3.05) is 12.1 Å². The molecule has 2 heterocycles. The van der Waals surface area contributed by atoms with Crippen molar-refractivity contribution in [2.45, 2.75) is 20.3 Å². The molecule has 0 saturated heterocycles. The van der Waals surface area contributed by atoms with Gasteiger partial charge in [-0.3, -0.25) is 4.79 Å². The van der Waals surface area contributed by atoms with Gasteiger partial charge in [-0.15, -0.1) is 0 Å². The van der Waals surface area contributed by atoms with Crippen molar-refractivity contribution in [3.63, 3.8) is 0 Å². The van der Waals surface area contributed by atoms with E-state index in [4.69, 9.17) is 9.47 Å². The summed E-state index contributed by atoms with van der Waals surface area (Å²) in [5.41, 5.74) is 4.04. The number of carbonyl (C=O) groups is 1. The van der Waals surface area contributed by atoms with E-state index in [1.165, 1.54) is 0 Å². The molecule has 1 aliphatic rings. The highest BCUT2D eigenvalue weighted by atomic mass is 16.7. The second-order valence-electron chi connectivity index (χ2n) is 5.25. The molecule has 3 rings (SSSR count). The number of hydrogen-bond donors (Lipinski definition) is 1. The van der Waals surface area contributed by atoms with Crippen LogP contribution in [-0.2, 0) is 18.3 Å². The summed E-state index contributed by atoms with van der Waals surface area (Å²) in [6.45, 7) is 4.29. The number of fused-ring (bicyclic) bond motifs is 1. The van der Waals surface area contributed by atoms with Gasteiger partial charge in [0.1, 0.15) is 0 Å². The van der Waals surface area contributed by atoms with Crippen molar-refractivity contribution >= 4 is 11.6 Å². The standard InChI is InChI=1S/C16H18N2O3/c1-10-6-12(11(2)18(10)3)7-16(19)17-13-4-5-14-15(8-13)21-9-20-14/h4-6,8H,7,9H2,1-3H3,(H,17,19). The molecule has 0 aliphatic carbocycles. The summed E-state index contributed by atoms with van der Waals surface area (Å²) in [6.07, 6.45) is 0.363. The Kier molecular flexibility index (Phi) is 3.33. The van der Waals surface area contributed by atoms with Crippen molar-refractivity contribution in [2.24, 2.45) is 7.05 Å². The van der Waals surface area contributed by atoms with Gasteiger partial charge < -0.3 is 19.4 Å². The van der Waals surface area contributed by atoms with Crippen molar-refractivity contribution in [3.05, 3.63) is 41.2 Å². The first-order valence-corrected chi connectivity index (χ1v) is 6.86. The average Bonchev–Trinajstić information content (AvgIpc) is 3.00. The van der Waals surface area contributed by atoms with Crippen molar-refractivity contribution in [1.82, 2.24) is 4.57 Å². The van der Waals surface area contributed by atoms with Crippen LogP contribution in [0.3, 0.4) is 0 Å². The molecule has 5 heteroatoms. The lowest BCUT2D eigenvalue weighted by molar-refractivity contribution is -0.115. The Labute approximate surface area is 123 Å². The first-order valence-electron chi connectivity index (χ1n) is 6.86. The quantitative estimate of drug-likeness (QED) is 0.943. The van der Waals surface area contributed by atoms with Gasteiger partial charge in [-0.2, -0.15) is 0 Å². The lowest BCUT2D eigenvalue weighted by Crippen LogP contribution is -2.14. The number of amides is 1. The molecule has 0 atom stereocenters. The van der Waals surface area contributed by atoms with Crippen LogP contribution in [0.2, 0.25) is 0 Å². The monoisotopic (exact) mass is 286 g/mol. The smallest absolute Gasteiger partial charge is 0.231 e. The topological polar surface area (TPSA) is 52.5 Å². The number of anilines is 1. The fraction of sp³-hybridized carbons (Fsp3) is 0.312. The SMILES string of the molecule is Cc1cc(CC(=O)Nc2ccc3c(c2)OCO3)c(C)n1C. The molecule has 1 aliphatic heterocycles. The zero-order chi connectivity index (χ0) is 15.0. The number of ether oxygens (including phenoxy) is 2. The number of aryl methyl sites for hydroxylation is 1. The first-order chi connectivity index (χ1) is 10.0. The average molecular weight is 286 g/mol. The van der Waals surface area contributed by atoms with Crippen LogP contribution in [0.15, 0.2) is 24.3 Å². The van der Waals surface area contributed by atoms with Gasteiger partial charge in [0.2, 0.25) is 12.7 Å². The molecule has 110 valence electrons. The van der Waals surface area contributed by atoms with Crippen LogP contribution in [0.1, 0.15) is 17.0 Å². The van der Waals surface area contributed by atoms with Gasteiger partial charge >= 0.3 is 0 Å². The minimum Gasteiger partial charge on any atom is -0.454 e. The molecule has 0 fully saturated rings. The van der Waals surface area contributed by atoms with Crippen molar-refractivity contribution < 1.29 is 14.3 Å². The third-order valence-electron chi connectivity index (χ3n) is 3.89. The maximum absolute atomic E-state index is 12.2. The van der Waals surface area contributed by atoms with Crippen molar-refractivity contribution in [3.8, 4) is 11.5 Å². The van der Waals surface area contributed by atoms with Crippen LogP contribution in [0.5, 0.6) is 11.5 Å². The minimum atomic E-state index is -0.0393. The van der Waals surface area contributed by atoms with Gasteiger partial charge in [0.15, 0.2) is 11.5 Å². The summed E-state index contributed by atoms with van der Waals surface area (Å²) >= 11 is 0. The number of benzene rings is 1. The second-order valence-corrected chi connectivity index (χ2v) is 5.25. The van der Waals surface area contributed by atoms with E-state index >= 15 is 0 Å². The fourth-order valence-electron chi connectivity index (χ4n) is 2.46. The van der Waals surface area contributed by atoms with E-state index in [1.807, 2.05) is 27.0 Å². The summed E-state index contributed by atoms with van der Waals surface area (Å²) in [7, 11) is 2.00. The third kappa shape index (κ3) is 2.59. The summed E-state index contributed by atoms with van der Waals surface area (Å²) in [5.74, 6) is 1.34. The predicted octanol–water partition coefficient (Wildman–Crippen LogP) is 2.55. The number of hydrogen-bond acceptors (Lipinski definition) is 3. The molecule has 2 aromatic rings. The molecule has 0 radical (unpaired) electrons. The van der Waals surface area contributed by atoms with Crippen LogP contribution in [0.4, 0.5) is 5.69 Å². The van der Waals surface area contributed by atoms with Gasteiger partial charge in [-0.25, -0.2) is 0 Å². The van der Waals surface area contributed by atoms with Crippen LogP contribution >= 0.6 is 0 Å².